The van der Waals surface area contributed by atoms with E-state index in [1.54, 1.807) is 0 Å². The molecule has 0 radical (unpaired) electrons. The van der Waals surface area contributed by atoms with Crippen LogP contribution in [0.4, 0.5) is 0 Å². The van der Waals surface area contributed by atoms with E-state index in [9.17, 15) is 14.4 Å². The van der Waals surface area contributed by atoms with Gasteiger partial charge < -0.3 is 14.2 Å². The molecule has 0 aromatic rings. The number of hydrogen-bond acceptors (Lipinski definition) is 6. The summed E-state index contributed by atoms with van der Waals surface area (Å²) in [5.74, 6) is -0.896. The summed E-state index contributed by atoms with van der Waals surface area (Å²) < 4.78 is 16.9. The second-order valence-corrected chi connectivity index (χ2v) is 19.6. The average Bonchev–Trinajstić information content (AvgIpc) is 3.34. The van der Waals surface area contributed by atoms with E-state index in [4.69, 9.17) is 14.2 Å². The van der Waals surface area contributed by atoms with Crippen molar-refractivity contribution in [2.75, 3.05) is 13.2 Å². The van der Waals surface area contributed by atoms with Crippen molar-refractivity contribution in [3.05, 3.63) is 60.8 Å². The highest BCUT2D eigenvalue weighted by Gasteiger charge is 2.19. The predicted octanol–water partition coefficient (Wildman–Crippen LogP) is 19.6. The summed E-state index contributed by atoms with van der Waals surface area (Å²) in [6.07, 6.45) is 70.6. The first-order valence-corrected chi connectivity index (χ1v) is 29.3. The third-order valence-electron chi connectivity index (χ3n) is 12.8. The molecule has 6 heteroatoms. The quantitative estimate of drug-likeness (QED) is 0.0199. The van der Waals surface area contributed by atoms with Crippen molar-refractivity contribution in [3.63, 3.8) is 0 Å². The SMILES string of the molecule is CCCCC\C=C/C=C\C=C/C=C\CCCCCCCC(=O)OCC(COC(=O)CCCCCCCCCCCCCCCCC)OC(=O)CCCCCCCCC/C=C\CCCCCCCC. The number of carbonyl (C=O) groups excluding carboxylic acids is 3. The normalized spacial score (nSPS) is 12.5. The minimum atomic E-state index is -0.785. The van der Waals surface area contributed by atoms with Gasteiger partial charge in [-0.1, -0.05) is 268 Å². The van der Waals surface area contributed by atoms with E-state index in [1.165, 1.54) is 173 Å². The predicted molar refractivity (Wildman–Crippen MR) is 293 cm³/mol. The van der Waals surface area contributed by atoms with E-state index in [-0.39, 0.29) is 31.1 Å². The molecule has 0 saturated carbocycles. The Balaban J connectivity index is 4.42. The molecule has 0 aromatic carbocycles. The van der Waals surface area contributed by atoms with Gasteiger partial charge in [0.05, 0.1) is 0 Å². The standard InChI is InChI=1S/C62H110O6/c1-4-7-10-13-16-19-22-25-28-30-32-34-37-40-43-46-49-52-55-61(64)67-58-59(57-66-60(63)54-51-48-45-42-39-36-33-27-24-21-18-15-12-9-6-3)68-62(65)56-53-50-47-44-41-38-35-31-29-26-23-20-17-14-11-8-5-2/h16,19,22,25-26,28-30,32,34,59H,4-15,17-18,20-21,23-24,27,31,33,35-58H2,1-3H3/b19-16-,25-22-,29-26-,30-28-,34-32-. The summed E-state index contributed by atoms with van der Waals surface area (Å²) in [5, 5.41) is 0. The Morgan fingerprint density at radius 3 is 0.897 bits per heavy atom. The summed E-state index contributed by atoms with van der Waals surface area (Å²) in [5.41, 5.74) is 0. The van der Waals surface area contributed by atoms with Crippen LogP contribution in [0.3, 0.4) is 0 Å². The van der Waals surface area contributed by atoms with E-state index < -0.39 is 6.10 Å². The Morgan fingerprint density at radius 2 is 0.544 bits per heavy atom. The molecule has 0 aliphatic rings. The molecule has 6 nitrogen and oxygen atoms in total. The number of allylic oxidation sites excluding steroid dienone is 10. The molecule has 0 heterocycles. The third-order valence-corrected chi connectivity index (χ3v) is 12.8. The van der Waals surface area contributed by atoms with Gasteiger partial charge in [-0.25, -0.2) is 0 Å². The molecule has 394 valence electrons. The molecule has 0 N–H and O–H groups in total. The topological polar surface area (TPSA) is 78.9 Å². The molecular formula is C62H110O6. The molecule has 0 aromatic heterocycles. The Morgan fingerprint density at radius 1 is 0.294 bits per heavy atom. The highest BCUT2D eigenvalue weighted by atomic mass is 16.6. The van der Waals surface area contributed by atoms with Crippen molar-refractivity contribution >= 4 is 17.9 Å². The van der Waals surface area contributed by atoms with Gasteiger partial charge in [0.1, 0.15) is 13.2 Å². The number of hydrogen-bond donors (Lipinski definition) is 0. The molecule has 0 fully saturated rings. The smallest absolute Gasteiger partial charge is 0.306 e. The Labute approximate surface area is 421 Å². The van der Waals surface area contributed by atoms with Crippen LogP contribution in [0.15, 0.2) is 60.8 Å². The van der Waals surface area contributed by atoms with Gasteiger partial charge in [0.15, 0.2) is 6.10 Å². The summed E-state index contributed by atoms with van der Waals surface area (Å²) in [4.78, 5) is 38.2. The van der Waals surface area contributed by atoms with Crippen molar-refractivity contribution in [3.8, 4) is 0 Å². The minimum Gasteiger partial charge on any atom is -0.462 e. The monoisotopic (exact) mass is 951 g/mol. The zero-order valence-electron chi connectivity index (χ0n) is 45.1. The summed E-state index contributed by atoms with van der Waals surface area (Å²) >= 11 is 0. The Hall–Kier alpha value is -2.89. The van der Waals surface area contributed by atoms with Crippen molar-refractivity contribution in [2.45, 2.75) is 303 Å². The summed E-state index contributed by atoms with van der Waals surface area (Å²) in [6, 6.07) is 0. The maximum Gasteiger partial charge on any atom is 0.306 e. The molecule has 0 aliphatic heterocycles. The van der Waals surface area contributed by atoms with E-state index in [0.717, 1.165) is 83.5 Å². The van der Waals surface area contributed by atoms with Crippen LogP contribution in [0.5, 0.6) is 0 Å². The van der Waals surface area contributed by atoms with E-state index >= 15 is 0 Å². The lowest BCUT2D eigenvalue weighted by molar-refractivity contribution is -0.167. The van der Waals surface area contributed by atoms with Crippen LogP contribution in [-0.4, -0.2) is 37.2 Å². The van der Waals surface area contributed by atoms with Gasteiger partial charge in [-0.2, -0.15) is 0 Å². The van der Waals surface area contributed by atoms with Crippen LogP contribution < -0.4 is 0 Å². The zero-order valence-corrected chi connectivity index (χ0v) is 45.1. The maximum atomic E-state index is 12.9. The third kappa shape index (κ3) is 54.1. The first kappa shape index (κ1) is 65.1. The number of rotatable bonds is 53. The van der Waals surface area contributed by atoms with Gasteiger partial charge >= 0.3 is 17.9 Å². The molecule has 68 heavy (non-hydrogen) atoms. The van der Waals surface area contributed by atoms with E-state index in [1.807, 2.05) is 0 Å². The fourth-order valence-corrected chi connectivity index (χ4v) is 8.39. The molecule has 0 aliphatic carbocycles. The van der Waals surface area contributed by atoms with Crippen LogP contribution >= 0.6 is 0 Å². The van der Waals surface area contributed by atoms with Crippen molar-refractivity contribution in [1.82, 2.24) is 0 Å². The minimum absolute atomic E-state index is 0.0810. The molecule has 0 spiro atoms. The fraction of sp³-hybridized carbons (Fsp3) is 0.790. The summed E-state index contributed by atoms with van der Waals surface area (Å²) in [7, 11) is 0. The number of esters is 3. The molecule has 1 atom stereocenters. The van der Waals surface area contributed by atoms with Crippen molar-refractivity contribution in [1.29, 1.82) is 0 Å². The molecular weight excluding hydrogens is 841 g/mol. The lowest BCUT2D eigenvalue weighted by Crippen LogP contribution is -2.30. The van der Waals surface area contributed by atoms with Gasteiger partial charge in [-0.15, -0.1) is 0 Å². The van der Waals surface area contributed by atoms with Gasteiger partial charge in [0.2, 0.25) is 0 Å². The van der Waals surface area contributed by atoms with E-state index in [0.29, 0.717) is 19.3 Å². The number of carbonyl (C=O) groups is 3. The van der Waals surface area contributed by atoms with Crippen LogP contribution in [0.1, 0.15) is 297 Å². The van der Waals surface area contributed by atoms with Crippen LogP contribution in [0.2, 0.25) is 0 Å². The molecule has 1 unspecified atom stereocenters. The van der Waals surface area contributed by atoms with Gasteiger partial charge in [-0.05, 0) is 70.6 Å². The van der Waals surface area contributed by atoms with Crippen molar-refractivity contribution in [2.24, 2.45) is 0 Å². The Kier molecular flexibility index (Phi) is 54.3. The second kappa shape index (κ2) is 56.7. The first-order chi connectivity index (χ1) is 33.5. The van der Waals surface area contributed by atoms with Gasteiger partial charge in [0.25, 0.3) is 0 Å². The van der Waals surface area contributed by atoms with E-state index in [2.05, 4.69) is 81.5 Å². The van der Waals surface area contributed by atoms with Gasteiger partial charge in [0, 0.05) is 19.3 Å². The second-order valence-electron chi connectivity index (χ2n) is 19.6. The van der Waals surface area contributed by atoms with Crippen molar-refractivity contribution < 1.29 is 28.6 Å². The molecule has 0 saturated heterocycles. The molecule has 0 amide bonds. The Bertz CT molecular complexity index is 1230. The first-order valence-electron chi connectivity index (χ1n) is 29.3. The lowest BCUT2D eigenvalue weighted by Gasteiger charge is -2.18. The highest BCUT2D eigenvalue weighted by Crippen LogP contribution is 2.16. The van der Waals surface area contributed by atoms with Gasteiger partial charge in [-0.3, -0.25) is 14.4 Å². The summed E-state index contributed by atoms with van der Waals surface area (Å²) in [6.45, 7) is 6.61. The molecule has 0 bridgehead atoms. The van der Waals surface area contributed by atoms with Crippen LogP contribution in [-0.2, 0) is 28.6 Å². The maximum absolute atomic E-state index is 12.9. The molecule has 0 rings (SSSR count). The number of ether oxygens (including phenoxy) is 3. The zero-order chi connectivity index (χ0) is 49.3. The lowest BCUT2D eigenvalue weighted by atomic mass is 10.0. The van der Waals surface area contributed by atoms with Crippen LogP contribution in [0, 0.1) is 0 Å². The fourth-order valence-electron chi connectivity index (χ4n) is 8.39. The van der Waals surface area contributed by atoms with Crippen LogP contribution in [0.25, 0.3) is 0 Å². The largest absolute Gasteiger partial charge is 0.462 e. The highest BCUT2D eigenvalue weighted by molar-refractivity contribution is 5.71. The average molecular weight is 952 g/mol. The number of unbranched alkanes of at least 4 members (excludes halogenated alkanes) is 35.